The van der Waals surface area contributed by atoms with E-state index in [0.29, 0.717) is 12.0 Å². The van der Waals surface area contributed by atoms with Gasteiger partial charge in [-0.2, -0.15) is 0 Å². The highest BCUT2D eigenvalue weighted by Gasteiger charge is 2.27. The fourth-order valence-corrected chi connectivity index (χ4v) is 3.54. The Labute approximate surface area is 148 Å². The summed E-state index contributed by atoms with van der Waals surface area (Å²) in [5.74, 6) is 2.60. The zero-order valence-corrected chi connectivity index (χ0v) is 14.5. The molecule has 4 nitrogen and oxygen atoms in total. The summed E-state index contributed by atoms with van der Waals surface area (Å²) in [4.78, 5) is 11.6. The van der Waals surface area contributed by atoms with Crippen molar-refractivity contribution in [1.82, 2.24) is 14.9 Å². The molecule has 0 spiro atoms. The smallest absolute Gasteiger partial charge is 0.133 e. The molecule has 4 rings (SSSR count). The minimum Gasteiger partial charge on any atom is -0.367 e. The van der Waals surface area contributed by atoms with Gasteiger partial charge in [-0.05, 0) is 49.4 Å². The summed E-state index contributed by atoms with van der Waals surface area (Å²) in [7, 11) is 0. The lowest BCUT2D eigenvalue weighted by Gasteiger charge is -2.32. The van der Waals surface area contributed by atoms with Crippen LogP contribution < -0.4 is 5.32 Å². The normalized spacial score (nSPS) is 19.4. The van der Waals surface area contributed by atoms with Gasteiger partial charge in [0.2, 0.25) is 0 Å². The van der Waals surface area contributed by atoms with E-state index in [0.717, 1.165) is 49.1 Å². The quantitative estimate of drug-likeness (QED) is 0.888. The van der Waals surface area contributed by atoms with Gasteiger partial charge in [-0.1, -0.05) is 23.7 Å². The maximum atomic E-state index is 6.07. The Hall–Kier alpha value is -1.65. The fraction of sp³-hybridized carbons (Fsp3) is 0.474. The van der Waals surface area contributed by atoms with Crippen LogP contribution >= 0.6 is 11.6 Å². The molecule has 1 aliphatic heterocycles. The SMILES string of the molecule is Clc1cccc(CN2CCC(Nc3ccnc(C4CC4)n3)CC2)c1. The second-order valence-electron chi connectivity index (χ2n) is 6.90. The van der Waals surface area contributed by atoms with Crippen molar-refractivity contribution in [2.45, 2.75) is 44.2 Å². The number of likely N-dealkylation sites (tertiary alicyclic amines) is 1. The number of aromatic nitrogens is 2. The zero-order valence-electron chi connectivity index (χ0n) is 13.8. The van der Waals surface area contributed by atoms with Gasteiger partial charge in [0.25, 0.3) is 0 Å². The van der Waals surface area contributed by atoms with Gasteiger partial charge in [0, 0.05) is 42.8 Å². The van der Waals surface area contributed by atoms with Crippen molar-refractivity contribution in [3.05, 3.63) is 52.9 Å². The third-order valence-corrected chi connectivity index (χ3v) is 5.09. The molecular weight excluding hydrogens is 320 g/mol. The lowest BCUT2D eigenvalue weighted by molar-refractivity contribution is 0.211. The van der Waals surface area contributed by atoms with Gasteiger partial charge in [0.05, 0.1) is 0 Å². The van der Waals surface area contributed by atoms with Crippen LogP contribution in [-0.2, 0) is 6.54 Å². The van der Waals surface area contributed by atoms with Crippen LogP contribution in [0, 0.1) is 0 Å². The van der Waals surface area contributed by atoms with Gasteiger partial charge in [-0.3, -0.25) is 4.90 Å². The van der Waals surface area contributed by atoms with E-state index < -0.39 is 0 Å². The van der Waals surface area contributed by atoms with Crippen molar-refractivity contribution in [2.24, 2.45) is 0 Å². The zero-order chi connectivity index (χ0) is 16.4. The Morgan fingerprint density at radius 2 is 1.96 bits per heavy atom. The summed E-state index contributed by atoms with van der Waals surface area (Å²) in [6.07, 6.45) is 6.65. The molecule has 2 aromatic rings. The van der Waals surface area contributed by atoms with E-state index in [1.807, 2.05) is 24.4 Å². The molecule has 0 atom stereocenters. The second-order valence-corrected chi connectivity index (χ2v) is 7.34. The van der Waals surface area contributed by atoms with Crippen LogP contribution in [-0.4, -0.2) is 34.0 Å². The highest BCUT2D eigenvalue weighted by atomic mass is 35.5. The predicted octanol–water partition coefficient (Wildman–Crippen LogP) is 4.08. The van der Waals surface area contributed by atoms with Gasteiger partial charge < -0.3 is 5.32 Å². The number of hydrogen-bond donors (Lipinski definition) is 1. The minimum absolute atomic E-state index is 0.502. The standard InChI is InChI=1S/C19H23ClN4/c20-16-3-1-2-14(12-16)13-24-10-7-17(8-11-24)22-18-6-9-21-19(23-18)15-4-5-15/h1-3,6,9,12,15,17H,4-5,7-8,10-11,13H2,(H,21,22,23). The van der Waals surface area contributed by atoms with Crippen LogP contribution in [0.2, 0.25) is 5.02 Å². The van der Waals surface area contributed by atoms with E-state index in [1.54, 1.807) is 0 Å². The van der Waals surface area contributed by atoms with Gasteiger partial charge in [0.1, 0.15) is 11.6 Å². The van der Waals surface area contributed by atoms with Crippen LogP contribution in [0.25, 0.3) is 0 Å². The largest absolute Gasteiger partial charge is 0.367 e. The molecule has 24 heavy (non-hydrogen) atoms. The van der Waals surface area contributed by atoms with Gasteiger partial charge in [0.15, 0.2) is 0 Å². The molecule has 1 aromatic heterocycles. The van der Waals surface area contributed by atoms with Crippen molar-refractivity contribution < 1.29 is 0 Å². The van der Waals surface area contributed by atoms with Crippen molar-refractivity contribution in [3.63, 3.8) is 0 Å². The molecular formula is C19H23ClN4. The van der Waals surface area contributed by atoms with Crippen LogP contribution in [0.1, 0.15) is 43.0 Å². The molecule has 2 fully saturated rings. The average molecular weight is 343 g/mol. The van der Waals surface area contributed by atoms with E-state index in [4.69, 9.17) is 11.6 Å². The first-order valence-corrected chi connectivity index (χ1v) is 9.20. The van der Waals surface area contributed by atoms with Crippen molar-refractivity contribution in [1.29, 1.82) is 0 Å². The van der Waals surface area contributed by atoms with Crippen LogP contribution in [0.3, 0.4) is 0 Å². The van der Waals surface area contributed by atoms with Crippen LogP contribution in [0.5, 0.6) is 0 Å². The summed E-state index contributed by atoms with van der Waals surface area (Å²) < 4.78 is 0. The van der Waals surface area contributed by atoms with E-state index in [2.05, 4.69) is 32.3 Å². The molecule has 2 heterocycles. The molecule has 0 unspecified atom stereocenters. The maximum Gasteiger partial charge on any atom is 0.133 e. The number of hydrogen-bond acceptors (Lipinski definition) is 4. The number of halogens is 1. The first-order valence-electron chi connectivity index (χ1n) is 8.82. The lowest BCUT2D eigenvalue weighted by atomic mass is 10.0. The molecule has 1 N–H and O–H groups in total. The van der Waals surface area contributed by atoms with Crippen LogP contribution in [0.15, 0.2) is 36.5 Å². The summed E-state index contributed by atoms with van der Waals surface area (Å²) in [6.45, 7) is 3.18. The Morgan fingerprint density at radius 3 is 2.71 bits per heavy atom. The predicted molar refractivity (Wildman–Crippen MR) is 97.4 cm³/mol. The number of rotatable bonds is 5. The topological polar surface area (TPSA) is 41.0 Å². The van der Waals surface area contributed by atoms with Crippen LogP contribution in [0.4, 0.5) is 5.82 Å². The van der Waals surface area contributed by atoms with Gasteiger partial charge >= 0.3 is 0 Å². The number of piperidine rings is 1. The Morgan fingerprint density at radius 1 is 1.12 bits per heavy atom. The van der Waals surface area contributed by atoms with Crippen molar-refractivity contribution in [3.8, 4) is 0 Å². The van der Waals surface area contributed by atoms with E-state index in [1.165, 1.54) is 18.4 Å². The summed E-state index contributed by atoms with van der Waals surface area (Å²) in [5.41, 5.74) is 1.29. The fourth-order valence-electron chi connectivity index (χ4n) is 3.33. The van der Waals surface area contributed by atoms with Gasteiger partial charge in [-0.25, -0.2) is 9.97 Å². The van der Waals surface area contributed by atoms with Crippen molar-refractivity contribution >= 4 is 17.4 Å². The number of benzene rings is 1. The molecule has 0 bridgehead atoms. The first kappa shape index (κ1) is 15.9. The summed E-state index contributed by atoms with van der Waals surface area (Å²) >= 11 is 6.07. The van der Waals surface area contributed by atoms with Gasteiger partial charge in [-0.15, -0.1) is 0 Å². The Bertz CT molecular complexity index is 693. The molecule has 1 aromatic carbocycles. The molecule has 1 saturated carbocycles. The Balaban J connectivity index is 1.29. The molecule has 0 radical (unpaired) electrons. The Kier molecular flexibility index (Phi) is 4.67. The van der Waals surface area contributed by atoms with E-state index >= 15 is 0 Å². The molecule has 5 heteroatoms. The highest BCUT2D eigenvalue weighted by molar-refractivity contribution is 6.30. The number of nitrogens with zero attached hydrogens (tertiary/aromatic N) is 3. The minimum atomic E-state index is 0.502. The van der Waals surface area contributed by atoms with E-state index in [-0.39, 0.29) is 0 Å². The second kappa shape index (κ2) is 7.08. The lowest BCUT2D eigenvalue weighted by Crippen LogP contribution is -2.38. The third-order valence-electron chi connectivity index (χ3n) is 4.85. The molecule has 1 aliphatic carbocycles. The molecule has 126 valence electrons. The average Bonchev–Trinajstić information content (AvgIpc) is 3.42. The highest BCUT2D eigenvalue weighted by Crippen LogP contribution is 2.38. The number of nitrogens with one attached hydrogen (secondary N) is 1. The maximum absolute atomic E-state index is 6.07. The summed E-state index contributed by atoms with van der Waals surface area (Å²) in [6, 6.07) is 10.7. The van der Waals surface area contributed by atoms with Crippen molar-refractivity contribution in [2.75, 3.05) is 18.4 Å². The molecule has 1 saturated heterocycles. The summed E-state index contributed by atoms with van der Waals surface area (Å²) in [5, 5.41) is 4.42. The molecule has 0 amide bonds. The number of anilines is 1. The third kappa shape index (κ3) is 4.05. The molecule has 2 aliphatic rings. The first-order chi connectivity index (χ1) is 11.8. The van der Waals surface area contributed by atoms with E-state index in [9.17, 15) is 0 Å². The monoisotopic (exact) mass is 342 g/mol.